The summed E-state index contributed by atoms with van der Waals surface area (Å²) in [6.07, 6.45) is 3.21. The van der Waals surface area contributed by atoms with Gasteiger partial charge in [0.15, 0.2) is 0 Å². The highest BCUT2D eigenvalue weighted by Crippen LogP contribution is 2.36. The van der Waals surface area contributed by atoms with Crippen LogP contribution in [0.4, 0.5) is 0 Å². The van der Waals surface area contributed by atoms with E-state index in [1.54, 1.807) is 12.1 Å². The van der Waals surface area contributed by atoms with Gasteiger partial charge >= 0.3 is 5.97 Å². The minimum Gasteiger partial charge on any atom is -0.478 e. The van der Waals surface area contributed by atoms with Crippen LogP contribution in [0.5, 0.6) is 0 Å². The molecule has 0 aromatic heterocycles. The van der Waals surface area contributed by atoms with Gasteiger partial charge in [0.2, 0.25) is 0 Å². The van der Waals surface area contributed by atoms with Crippen molar-refractivity contribution in [3.63, 3.8) is 0 Å². The van der Waals surface area contributed by atoms with Gasteiger partial charge in [-0.3, -0.25) is 4.90 Å². The molecule has 3 rings (SSSR count). The van der Waals surface area contributed by atoms with Crippen molar-refractivity contribution in [3.05, 3.63) is 35.4 Å². The third kappa shape index (κ3) is 3.19. The fourth-order valence-electron chi connectivity index (χ4n) is 3.00. The first kappa shape index (κ1) is 13.6. The molecule has 4 heteroatoms. The topological polar surface area (TPSA) is 49.8 Å². The molecule has 1 aromatic rings. The van der Waals surface area contributed by atoms with Crippen molar-refractivity contribution in [2.24, 2.45) is 5.92 Å². The van der Waals surface area contributed by atoms with Crippen molar-refractivity contribution >= 4 is 5.97 Å². The van der Waals surface area contributed by atoms with Crippen LogP contribution < -0.4 is 0 Å². The van der Waals surface area contributed by atoms with Gasteiger partial charge < -0.3 is 9.84 Å². The quantitative estimate of drug-likeness (QED) is 0.916. The predicted molar refractivity (Wildman–Crippen MR) is 75.7 cm³/mol. The normalized spacial score (nSPS) is 27.4. The molecule has 0 spiro atoms. The zero-order valence-corrected chi connectivity index (χ0v) is 11.8. The number of carboxylic acid groups (broad SMARTS) is 1. The van der Waals surface area contributed by atoms with E-state index in [1.165, 1.54) is 12.8 Å². The van der Waals surface area contributed by atoms with E-state index in [-0.39, 0.29) is 6.10 Å². The van der Waals surface area contributed by atoms with Crippen LogP contribution in [-0.2, 0) is 11.3 Å². The summed E-state index contributed by atoms with van der Waals surface area (Å²) in [4.78, 5) is 13.4. The van der Waals surface area contributed by atoms with Gasteiger partial charge in [-0.1, -0.05) is 12.1 Å². The third-order valence-corrected chi connectivity index (χ3v) is 4.09. The summed E-state index contributed by atoms with van der Waals surface area (Å²) < 4.78 is 6.00. The van der Waals surface area contributed by atoms with Gasteiger partial charge in [-0.2, -0.15) is 0 Å². The van der Waals surface area contributed by atoms with Crippen molar-refractivity contribution in [1.29, 1.82) is 0 Å². The van der Waals surface area contributed by atoms with Gasteiger partial charge in [-0.05, 0) is 43.4 Å². The molecule has 2 unspecified atom stereocenters. The molecule has 0 radical (unpaired) electrons. The molecule has 2 atom stereocenters. The van der Waals surface area contributed by atoms with E-state index in [1.807, 2.05) is 12.1 Å². The molecule has 1 saturated carbocycles. The molecular formula is C16H21NO3. The number of aromatic carboxylic acids is 1. The molecule has 2 aliphatic rings. The van der Waals surface area contributed by atoms with E-state index < -0.39 is 5.97 Å². The Hall–Kier alpha value is -1.39. The van der Waals surface area contributed by atoms with Crippen LogP contribution in [0.1, 0.15) is 35.7 Å². The highest BCUT2D eigenvalue weighted by Gasteiger charge is 2.37. The second-order valence-corrected chi connectivity index (χ2v) is 6.02. The maximum absolute atomic E-state index is 11.0. The maximum atomic E-state index is 11.0. The lowest BCUT2D eigenvalue weighted by Gasteiger charge is -2.37. The number of hydrogen-bond donors (Lipinski definition) is 1. The number of ether oxygens (including phenoxy) is 1. The number of morpholine rings is 1. The lowest BCUT2D eigenvalue weighted by atomic mass is 10.1. The number of benzene rings is 1. The summed E-state index contributed by atoms with van der Waals surface area (Å²) >= 11 is 0. The van der Waals surface area contributed by atoms with E-state index in [2.05, 4.69) is 11.8 Å². The zero-order chi connectivity index (χ0) is 14.1. The standard InChI is InChI=1S/C16H21NO3/c1-11-8-17(10-15(20-11)13-5-6-13)9-12-3-2-4-14(7-12)16(18)19/h2-4,7,11,13,15H,5-6,8-10H2,1H3,(H,18,19). The van der Waals surface area contributed by atoms with Gasteiger partial charge in [0.25, 0.3) is 0 Å². The van der Waals surface area contributed by atoms with Gasteiger partial charge in [0.05, 0.1) is 17.8 Å². The Bertz CT molecular complexity index is 498. The number of carbonyl (C=O) groups is 1. The maximum Gasteiger partial charge on any atom is 0.335 e. The molecule has 1 saturated heterocycles. The molecule has 108 valence electrons. The van der Waals surface area contributed by atoms with E-state index in [4.69, 9.17) is 9.84 Å². The van der Waals surface area contributed by atoms with Crippen molar-refractivity contribution in [3.8, 4) is 0 Å². The van der Waals surface area contributed by atoms with E-state index in [0.717, 1.165) is 31.1 Å². The Morgan fingerprint density at radius 2 is 2.20 bits per heavy atom. The molecule has 4 nitrogen and oxygen atoms in total. The number of carboxylic acids is 1. The Balaban J connectivity index is 1.66. The van der Waals surface area contributed by atoms with Crippen LogP contribution in [0.25, 0.3) is 0 Å². The van der Waals surface area contributed by atoms with Crippen molar-refractivity contribution < 1.29 is 14.6 Å². The Labute approximate surface area is 119 Å². The average Bonchev–Trinajstić information content (AvgIpc) is 3.22. The molecule has 20 heavy (non-hydrogen) atoms. The number of hydrogen-bond acceptors (Lipinski definition) is 3. The lowest BCUT2D eigenvalue weighted by Crippen LogP contribution is -2.46. The fourth-order valence-corrected chi connectivity index (χ4v) is 3.00. The first-order valence-electron chi connectivity index (χ1n) is 7.32. The van der Waals surface area contributed by atoms with Crippen LogP contribution in [-0.4, -0.2) is 41.3 Å². The fraction of sp³-hybridized carbons (Fsp3) is 0.562. The molecular weight excluding hydrogens is 254 g/mol. The summed E-state index contributed by atoms with van der Waals surface area (Å²) in [6.45, 7) is 4.81. The molecule has 0 amide bonds. The van der Waals surface area contributed by atoms with Crippen LogP contribution in [0.2, 0.25) is 0 Å². The highest BCUT2D eigenvalue weighted by atomic mass is 16.5. The largest absolute Gasteiger partial charge is 0.478 e. The Kier molecular flexibility index (Phi) is 3.76. The SMILES string of the molecule is CC1CN(Cc2cccc(C(=O)O)c2)CC(C2CC2)O1. The van der Waals surface area contributed by atoms with Crippen LogP contribution >= 0.6 is 0 Å². The van der Waals surface area contributed by atoms with Gasteiger partial charge in [0, 0.05) is 19.6 Å². The van der Waals surface area contributed by atoms with E-state index >= 15 is 0 Å². The molecule has 1 aromatic carbocycles. The molecule has 1 heterocycles. The monoisotopic (exact) mass is 275 g/mol. The van der Waals surface area contributed by atoms with Crippen LogP contribution in [0.15, 0.2) is 24.3 Å². The van der Waals surface area contributed by atoms with E-state index in [9.17, 15) is 4.79 Å². The van der Waals surface area contributed by atoms with Crippen LogP contribution in [0.3, 0.4) is 0 Å². The number of rotatable bonds is 4. The zero-order valence-electron chi connectivity index (χ0n) is 11.8. The summed E-state index contributed by atoms with van der Waals surface area (Å²) in [5.74, 6) is -0.122. The molecule has 0 bridgehead atoms. The second kappa shape index (κ2) is 5.54. The second-order valence-electron chi connectivity index (χ2n) is 6.02. The molecule has 1 aliphatic carbocycles. The average molecular weight is 275 g/mol. The Morgan fingerprint density at radius 3 is 2.90 bits per heavy atom. The van der Waals surface area contributed by atoms with Crippen LogP contribution in [0, 0.1) is 5.92 Å². The lowest BCUT2D eigenvalue weighted by molar-refractivity contribution is -0.0881. The Morgan fingerprint density at radius 1 is 1.40 bits per heavy atom. The summed E-state index contributed by atoms with van der Waals surface area (Å²) in [6, 6.07) is 7.23. The van der Waals surface area contributed by atoms with Crippen molar-refractivity contribution in [2.45, 2.75) is 38.5 Å². The highest BCUT2D eigenvalue weighted by molar-refractivity contribution is 5.87. The van der Waals surface area contributed by atoms with E-state index in [0.29, 0.717) is 11.7 Å². The first-order valence-corrected chi connectivity index (χ1v) is 7.32. The number of nitrogens with zero attached hydrogens (tertiary/aromatic N) is 1. The first-order chi connectivity index (χ1) is 9.61. The van der Waals surface area contributed by atoms with Gasteiger partial charge in [-0.25, -0.2) is 4.79 Å². The smallest absolute Gasteiger partial charge is 0.335 e. The van der Waals surface area contributed by atoms with Crippen molar-refractivity contribution in [2.75, 3.05) is 13.1 Å². The molecule has 2 fully saturated rings. The molecule has 1 aliphatic heterocycles. The van der Waals surface area contributed by atoms with Gasteiger partial charge in [-0.15, -0.1) is 0 Å². The van der Waals surface area contributed by atoms with Gasteiger partial charge in [0.1, 0.15) is 0 Å². The van der Waals surface area contributed by atoms with Crippen molar-refractivity contribution in [1.82, 2.24) is 4.90 Å². The summed E-state index contributed by atoms with van der Waals surface area (Å²) in [5, 5.41) is 9.05. The summed E-state index contributed by atoms with van der Waals surface area (Å²) in [5.41, 5.74) is 1.43. The summed E-state index contributed by atoms with van der Waals surface area (Å²) in [7, 11) is 0. The third-order valence-electron chi connectivity index (χ3n) is 4.09. The minimum atomic E-state index is -0.863. The molecule has 1 N–H and O–H groups in total. The minimum absolute atomic E-state index is 0.261. The predicted octanol–water partition coefficient (Wildman–Crippen LogP) is 2.38.